The van der Waals surface area contributed by atoms with E-state index in [1.165, 1.54) is 0 Å². The summed E-state index contributed by atoms with van der Waals surface area (Å²) in [6.45, 7) is 4.60. The maximum absolute atomic E-state index is 6.17. The summed E-state index contributed by atoms with van der Waals surface area (Å²) >= 11 is 0. The van der Waals surface area contributed by atoms with Crippen LogP contribution in [0.4, 0.5) is 0 Å². The Labute approximate surface area is 209 Å². The molecule has 182 valence electrons. The molecule has 0 fully saturated rings. The number of ether oxygens (including phenoxy) is 2. The van der Waals surface area contributed by atoms with E-state index >= 15 is 0 Å². The Morgan fingerprint density at radius 3 is 2.17 bits per heavy atom. The van der Waals surface area contributed by atoms with Crippen molar-refractivity contribution in [2.45, 2.75) is 6.42 Å². The Morgan fingerprint density at radius 1 is 0.694 bits per heavy atom. The number of hydrogen-bond acceptors (Lipinski definition) is 7. The van der Waals surface area contributed by atoms with E-state index in [1.54, 1.807) is 0 Å². The topological polar surface area (TPSA) is 80.4 Å². The average Bonchev–Trinajstić information content (AvgIpc) is 3.70. The van der Waals surface area contributed by atoms with Gasteiger partial charge in [0.25, 0.3) is 0 Å². The monoisotopic (exact) mass is 480 g/mol. The predicted molar refractivity (Wildman–Crippen MR) is 143 cm³/mol. The van der Waals surface area contributed by atoms with E-state index in [2.05, 4.69) is 38.8 Å². The van der Waals surface area contributed by atoms with Crippen molar-refractivity contribution < 1.29 is 13.9 Å². The van der Waals surface area contributed by atoms with Crippen molar-refractivity contribution in [1.82, 2.24) is 10.6 Å². The van der Waals surface area contributed by atoms with E-state index in [9.17, 15) is 0 Å². The fraction of sp³-hybridized carbons (Fsp3) is 0.241. The SMILES string of the molecule is c1cc(OCCCOc2ccc(C3=NCCN3)cc2)cc(-c2cc3ccc(C4=NCCN4)cc3o2)c1. The van der Waals surface area contributed by atoms with Gasteiger partial charge in [0.2, 0.25) is 0 Å². The molecule has 7 nitrogen and oxygen atoms in total. The number of rotatable bonds is 9. The van der Waals surface area contributed by atoms with Crippen LogP contribution < -0.4 is 20.1 Å². The zero-order valence-corrected chi connectivity index (χ0v) is 20.0. The molecule has 3 heterocycles. The maximum Gasteiger partial charge on any atom is 0.135 e. The van der Waals surface area contributed by atoms with Crippen molar-refractivity contribution >= 4 is 22.6 Å². The van der Waals surface area contributed by atoms with Gasteiger partial charge < -0.3 is 24.5 Å². The van der Waals surface area contributed by atoms with Gasteiger partial charge in [-0.25, -0.2) is 0 Å². The van der Waals surface area contributed by atoms with Crippen LogP contribution in [0.1, 0.15) is 17.5 Å². The molecule has 0 saturated carbocycles. The van der Waals surface area contributed by atoms with E-state index in [1.807, 2.05) is 54.6 Å². The molecule has 2 aliphatic heterocycles. The molecule has 36 heavy (non-hydrogen) atoms. The van der Waals surface area contributed by atoms with Crippen molar-refractivity contribution in [2.24, 2.45) is 9.98 Å². The molecule has 6 rings (SSSR count). The lowest BCUT2D eigenvalue weighted by Crippen LogP contribution is -2.19. The first kappa shape index (κ1) is 22.2. The third kappa shape index (κ3) is 4.91. The van der Waals surface area contributed by atoms with Gasteiger partial charge in [-0.05, 0) is 48.5 Å². The largest absolute Gasteiger partial charge is 0.493 e. The normalized spacial score (nSPS) is 14.8. The highest BCUT2D eigenvalue weighted by Gasteiger charge is 2.12. The van der Waals surface area contributed by atoms with Gasteiger partial charge in [-0.2, -0.15) is 0 Å². The second-order valence-corrected chi connectivity index (χ2v) is 8.78. The zero-order chi connectivity index (χ0) is 24.2. The van der Waals surface area contributed by atoms with Gasteiger partial charge in [0, 0.05) is 41.6 Å². The van der Waals surface area contributed by atoms with Gasteiger partial charge in [0.15, 0.2) is 0 Å². The number of nitrogens with zero attached hydrogens (tertiary/aromatic N) is 2. The Balaban J connectivity index is 1.03. The smallest absolute Gasteiger partial charge is 0.135 e. The number of amidine groups is 2. The molecule has 3 aromatic carbocycles. The summed E-state index contributed by atoms with van der Waals surface area (Å²) in [4.78, 5) is 8.94. The summed E-state index contributed by atoms with van der Waals surface area (Å²) in [6.07, 6.45) is 0.783. The maximum atomic E-state index is 6.17. The first-order chi connectivity index (χ1) is 17.8. The highest BCUT2D eigenvalue weighted by atomic mass is 16.5. The third-order valence-electron chi connectivity index (χ3n) is 6.21. The molecule has 7 heteroatoms. The van der Waals surface area contributed by atoms with Crippen molar-refractivity contribution in [1.29, 1.82) is 0 Å². The molecule has 2 N–H and O–H groups in total. The van der Waals surface area contributed by atoms with Crippen molar-refractivity contribution in [2.75, 3.05) is 39.4 Å². The van der Waals surface area contributed by atoms with Crippen LogP contribution in [0.5, 0.6) is 11.5 Å². The van der Waals surface area contributed by atoms with Crippen LogP contribution in [0, 0.1) is 0 Å². The molecule has 4 aromatic rings. The Morgan fingerprint density at radius 2 is 1.42 bits per heavy atom. The highest BCUT2D eigenvalue weighted by molar-refractivity contribution is 6.02. The second kappa shape index (κ2) is 10.2. The average molecular weight is 481 g/mol. The molecule has 0 unspecified atom stereocenters. The minimum atomic E-state index is 0.570. The van der Waals surface area contributed by atoms with Crippen molar-refractivity contribution in [3.63, 3.8) is 0 Å². The summed E-state index contributed by atoms with van der Waals surface area (Å²) < 4.78 is 18.0. The van der Waals surface area contributed by atoms with Crippen LogP contribution in [-0.4, -0.2) is 51.1 Å². The van der Waals surface area contributed by atoms with E-state index < -0.39 is 0 Å². The predicted octanol–water partition coefficient (Wildman–Crippen LogP) is 4.65. The Bertz CT molecular complexity index is 1420. The molecule has 0 aliphatic carbocycles. The van der Waals surface area contributed by atoms with Crippen LogP contribution in [0.2, 0.25) is 0 Å². The molecule has 1 aromatic heterocycles. The molecule has 0 radical (unpaired) electrons. The van der Waals surface area contributed by atoms with Crippen LogP contribution in [0.25, 0.3) is 22.3 Å². The fourth-order valence-corrected chi connectivity index (χ4v) is 4.39. The van der Waals surface area contributed by atoms with Gasteiger partial charge in [0.1, 0.15) is 34.5 Å². The summed E-state index contributed by atoms with van der Waals surface area (Å²) in [5, 5.41) is 7.66. The highest BCUT2D eigenvalue weighted by Crippen LogP contribution is 2.30. The fourth-order valence-electron chi connectivity index (χ4n) is 4.39. The lowest BCUT2D eigenvalue weighted by atomic mass is 10.1. The van der Waals surface area contributed by atoms with E-state index in [4.69, 9.17) is 13.9 Å². The lowest BCUT2D eigenvalue weighted by molar-refractivity contribution is 0.247. The summed E-state index contributed by atoms with van der Waals surface area (Å²) in [5.74, 6) is 4.37. The van der Waals surface area contributed by atoms with Gasteiger partial charge in [-0.3, -0.25) is 9.98 Å². The van der Waals surface area contributed by atoms with Gasteiger partial charge in [0.05, 0.1) is 26.3 Å². The number of benzene rings is 3. The molecular formula is C29H28N4O3. The van der Waals surface area contributed by atoms with Crippen molar-refractivity contribution in [3.05, 3.63) is 83.9 Å². The second-order valence-electron chi connectivity index (χ2n) is 8.78. The van der Waals surface area contributed by atoms with Gasteiger partial charge in [-0.1, -0.05) is 24.3 Å². The first-order valence-electron chi connectivity index (χ1n) is 12.4. The van der Waals surface area contributed by atoms with Crippen LogP contribution >= 0.6 is 0 Å². The zero-order valence-electron chi connectivity index (χ0n) is 20.0. The first-order valence-corrected chi connectivity index (χ1v) is 12.4. The summed E-state index contributed by atoms with van der Waals surface area (Å²) in [6, 6.07) is 24.3. The molecule has 0 atom stereocenters. The van der Waals surface area contributed by atoms with Crippen LogP contribution in [0.3, 0.4) is 0 Å². The Hall–Kier alpha value is -4.26. The minimum absolute atomic E-state index is 0.570. The minimum Gasteiger partial charge on any atom is -0.493 e. The molecule has 0 bridgehead atoms. The van der Waals surface area contributed by atoms with Crippen LogP contribution in [0.15, 0.2) is 87.2 Å². The molecule has 2 aliphatic rings. The molecule has 0 spiro atoms. The van der Waals surface area contributed by atoms with Crippen LogP contribution in [-0.2, 0) is 0 Å². The van der Waals surface area contributed by atoms with Gasteiger partial charge >= 0.3 is 0 Å². The van der Waals surface area contributed by atoms with E-state index in [-0.39, 0.29) is 0 Å². The lowest BCUT2D eigenvalue weighted by Gasteiger charge is -2.09. The molecular weight excluding hydrogens is 452 g/mol. The number of nitrogens with one attached hydrogen (secondary N) is 2. The van der Waals surface area contributed by atoms with E-state index in [0.29, 0.717) is 13.2 Å². The van der Waals surface area contributed by atoms with Gasteiger partial charge in [-0.15, -0.1) is 0 Å². The summed E-state index contributed by atoms with van der Waals surface area (Å²) in [5.41, 5.74) is 3.98. The molecule has 0 saturated heterocycles. The number of fused-ring (bicyclic) bond motifs is 1. The summed E-state index contributed by atoms with van der Waals surface area (Å²) in [7, 11) is 0. The standard InChI is InChI=1S/C29H28N4O3/c1-3-21(26-18-22-5-6-23(19-27(22)36-26)29-32-13-14-33-29)17-25(4-1)35-16-2-15-34-24-9-7-20(8-10-24)28-30-11-12-31-28/h1,3-10,17-19H,2,11-16H2,(H,30,31)(H,32,33). The third-order valence-corrected chi connectivity index (χ3v) is 6.21. The molecule has 0 amide bonds. The van der Waals surface area contributed by atoms with Crippen molar-refractivity contribution in [3.8, 4) is 22.8 Å². The van der Waals surface area contributed by atoms with E-state index in [0.717, 1.165) is 89.2 Å². The number of aliphatic imine (C=N–C) groups is 2. The number of hydrogen-bond donors (Lipinski definition) is 2. The Kier molecular flexibility index (Phi) is 6.27. The quantitative estimate of drug-likeness (QED) is 0.341. The number of furan rings is 1.